The Balaban J connectivity index is 2.48. The highest BCUT2D eigenvalue weighted by Gasteiger charge is 2.33. The van der Waals surface area contributed by atoms with E-state index < -0.39 is 28.7 Å². The van der Waals surface area contributed by atoms with Gasteiger partial charge < -0.3 is 10.2 Å². The van der Waals surface area contributed by atoms with Crippen LogP contribution in [0.1, 0.15) is 43.9 Å². The third kappa shape index (κ3) is 7.29. The van der Waals surface area contributed by atoms with Crippen molar-refractivity contribution in [3.63, 3.8) is 0 Å². The van der Waals surface area contributed by atoms with Gasteiger partial charge in [0.1, 0.15) is 12.6 Å². The van der Waals surface area contributed by atoms with Crippen molar-refractivity contribution in [1.29, 1.82) is 0 Å². The number of anilines is 1. The normalized spacial score (nSPS) is 13.3. The first kappa shape index (κ1) is 28.3. The molecule has 2 unspecified atom stereocenters. The molecule has 0 heterocycles. The smallest absolute Gasteiger partial charge is 0.304 e. The van der Waals surface area contributed by atoms with Crippen LogP contribution in [0.15, 0.2) is 48.5 Å². The maximum absolute atomic E-state index is 13.7. The second kappa shape index (κ2) is 12.2. The van der Waals surface area contributed by atoms with Crippen LogP contribution in [0.5, 0.6) is 0 Å². The van der Waals surface area contributed by atoms with E-state index in [0.29, 0.717) is 5.69 Å². The molecule has 0 aliphatic carbocycles. The van der Waals surface area contributed by atoms with Gasteiger partial charge in [-0.1, -0.05) is 49.4 Å². The molecule has 192 valence electrons. The Hall–Kier alpha value is -2.91. The van der Waals surface area contributed by atoms with Gasteiger partial charge in [0, 0.05) is 26.7 Å². The lowest BCUT2D eigenvalue weighted by atomic mass is 10.1. The highest BCUT2D eigenvalue weighted by Crippen LogP contribution is 2.26. The Morgan fingerprint density at radius 1 is 1.00 bits per heavy atom. The van der Waals surface area contributed by atoms with Gasteiger partial charge in [-0.3, -0.25) is 9.59 Å². The number of amides is 2. The van der Waals surface area contributed by atoms with E-state index in [0.717, 1.165) is 31.7 Å². The summed E-state index contributed by atoms with van der Waals surface area (Å²) in [5.41, 5.74) is 2.88. The zero-order valence-corrected chi connectivity index (χ0v) is 22.6. The lowest BCUT2D eigenvalue weighted by molar-refractivity contribution is -0.139. The van der Waals surface area contributed by atoms with E-state index in [1.54, 1.807) is 19.9 Å². The van der Waals surface area contributed by atoms with Crippen molar-refractivity contribution in [3.8, 4) is 0 Å². The Bertz CT molecular complexity index is 1120. The summed E-state index contributed by atoms with van der Waals surface area (Å²) >= 11 is 0. The van der Waals surface area contributed by atoms with Gasteiger partial charge in [0.25, 0.3) is 0 Å². The van der Waals surface area contributed by atoms with Crippen LogP contribution in [0.4, 0.5) is 5.69 Å². The van der Waals surface area contributed by atoms with E-state index in [2.05, 4.69) is 5.32 Å². The number of hydrogen-bond acceptors (Lipinski definition) is 4. The minimum Gasteiger partial charge on any atom is -0.352 e. The van der Waals surface area contributed by atoms with Crippen LogP contribution in [0.25, 0.3) is 0 Å². The van der Waals surface area contributed by atoms with Crippen LogP contribution >= 0.6 is 0 Å². The Kier molecular flexibility index (Phi) is 9.85. The molecule has 0 fully saturated rings. The second-order valence-electron chi connectivity index (χ2n) is 9.09. The van der Waals surface area contributed by atoms with E-state index >= 15 is 0 Å². The van der Waals surface area contributed by atoms with E-state index in [4.69, 9.17) is 0 Å². The lowest BCUT2D eigenvalue weighted by Crippen LogP contribution is -2.53. The molecule has 2 rings (SSSR count). The third-order valence-corrected chi connectivity index (χ3v) is 7.82. The summed E-state index contributed by atoms with van der Waals surface area (Å²) in [6.07, 6.45) is 0.757. The molecule has 0 aliphatic heterocycles. The molecule has 2 aromatic carbocycles. The molecule has 35 heavy (non-hydrogen) atoms. The van der Waals surface area contributed by atoms with Gasteiger partial charge in [0.2, 0.25) is 11.8 Å². The average molecular weight is 503 g/mol. The van der Waals surface area contributed by atoms with Crippen molar-refractivity contribution < 1.29 is 18.0 Å². The molecular formula is C26H38N4O4S. The SMILES string of the molecule is CCC(C)NC(=O)C(C)N(Cc1ccccc1)C(=O)CN(c1cc(C)ccc1C)S(=O)(=O)N(C)C. The number of carbonyl (C=O) groups excluding carboxylic acids is 2. The Labute approximate surface area is 210 Å². The van der Waals surface area contributed by atoms with Crippen LogP contribution in [-0.2, 0) is 26.3 Å². The first-order chi connectivity index (χ1) is 16.4. The maximum Gasteiger partial charge on any atom is 0.304 e. The van der Waals surface area contributed by atoms with Crippen molar-refractivity contribution in [2.45, 2.75) is 59.7 Å². The number of carbonyl (C=O) groups is 2. The van der Waals surface area contributed by atoms with Crippen molar-refractivity contribution in [2.24, 2.45) is 0 Å². The van der Waals surface area contributed by atoms with Gasteiger partial charge >= 0.3 is 10.2 Å². The van der Waals surface area contributed by atoms with Crippen molar-refractivity contribution >= 4 is 27.7 Å². The molecule has 2 atom stereocenters. The molecule has 9 heteroatoms. The van der Waals surface area contributed by atoms with Gasteiger partial charge in [-0.2, -0.15) is 12.7 Å². The third-order valence-electron chi connectivity index (χ3n) is 6.02. The number of benzene rings is 2. The largest absolute Gasteiger partial charge is 0.352 e. The molecule has 0 bridgehead atoms. The number of hydrogen-bond donors (Lipinski definition) is 1. The molecule has 0 saturated carbocycles. The first-order valence-corrected chi connectivity index (χ1v) is 13.2. The van der Waals surface area contributed by atoms with E-state index in [9.17, 15) is 18.0 Å². The fraction of sp³-hybridized carbons (Fsp3) is 0.462. The quantitative estimate of drug-likeness (QED) is 0.511. The number of nitrogens with zero attached hydrogens (tertiary/aromatic N) is 3. The van der Waals surface area contributed by atoms with Gasteiger partial charge in [0.15, 0.2) is 0 Å². The lowest BCUT2D eigenvalue weighted by Gasteiger charge is -2.33. The molecule has 2 amide bonds. The van der Waals surface area contributed by atoms with E-state index in [1.807, 2.05) is 63.2 Å². The highest BCUT2D eigenvalue weighted by molar-refractivity contribution is 7.90. The molecule has 8 nitrogen and oxygen atoms in total. The fourth-order valence-electron chi connectivity index (χ4n) is 3.52. The summed E-state index contributed by atoms with van der Waals surface area (Å²) < 4.78 is 28.8. The standard InChI is InChI=1S/C26H38N4O4S/c1-8-21(4)27-26(32)22(5)29(17-23-12-10-9-11-13-23)25(31)18-30(35(33,34)28(6)7)24-16-19(2)14-15-20(24)3/h9-16,21-22H,8,17-18H2,1-7H3,(H,27,32). The number of rotatable bonds is 11. The topological polar surface area (TPSA) is 90.0 Å². The molecule has 0 aliphatic rings. The van der Waals surface area contributed by atoms with Gasteiger partial charge in [-0.25, -0.2) is 4.31 Å². The Morgan fingerprint density at radius 3 is 2.20 bits per heavy atom. The summed E-state index contributed by atoms with van der Waals surface area (Å²) in [5, 5.41) is 2.93. The van der Waals surface area contributed by atoms with Crippen molar-refractivity contribution in [2.75, 3.05) is 24.9 Å². The van der Waals surface area contributed by atoms with Crippen LogP contribution < -0.4 is 9.62 Å². The second-order valence-corrected chi connectivity index (χ2v) is 11.2. The van der Waals surface area contributed by atoms with E-state index in [-0.39, 0.29) is 18.5 Å². The summed E-state index contributed by atoms with van der Waals surface area (Å²) in [4.78, 5) is 28.1. The van der Waals surface area contributed by atoms with Crippen LogP contribution in [-0.4, -0.2) is 62.2 Å². The van der Waals surface area contributed by atoms with Gasteiger partial charge in [-0.05, 0) is 56.9 Å². The van der Waals surface area contributed by atoms with E-state index in [1.165, 1.54) is 19.0 Å². The summed E-state index contributed by atoms with van der Waals surface area (Å²) in [5.74, 6) is -0.746. The van der Waals surface area contributed by atoms with Gasteiger partial charge in [0.05, 0.1) is 5.69 Å². The fourth-order valence-corrected chi connectivity index (χ4v) is 4.63. The molecule has 0 aromatic heterocycles. The summed E-state index contributed by atoms with van der Waals surface area (Å²) in [7, 11) is -1.12. The average Bonchev–Trinajstić information content (AvgIpc) is 2.82. The maximum atomic E-state index is 13.7. The van der Waals surface area contributed by atoms with Crippen molar-refractivity contribution in [3.05, 3.63) is 65.2 Å². The predicted molar refractivity (Wildman–Crippen MR) is 140 cm³/mol. The zero-order chi connectivity index (χ0) is 26.3. The Morgan fingerprint density at radius 2 is 1.63 bits per heavy atom. The van der Waals surface area contributed by atoms with Gasteiger partial charge in [-0.15, -0.1) is 0 Å². The zero-order valence-electron chi connectivity index (χ0n) is 21.8. The molecule has 2 aromatic rings. The van der Waals surface area contributed by atoms with Crippen LogP contribution in [0.2, 0.25) is 0 Å². The predicted octanol–water partition coefficient (Wildman–Crippen LogP) is 3.25. The molecule has 0 saturated heterocycles. The van der Waals surface area contributed by atoms with Crippen molar-refractivity contribution in [1.82, 2.24) is 14.5 Å². The van der Waals surface area contributed by atoms with Crippen LogP contribution in [0, 0.1) is 13.8 Å². The summed E-state index contributed by atoms with van der Waals surface area (Å²) in [6.45, 7) is 8.96. The molecule has 0 spiro atoms. The molecule has 0 radical (unpaired) electrons. The monoisotopic (exact) mass is 502 g/mol. The number of aryl methyl sites for hydroxylation is 2. The van der Waals surface area contributed by atoms with Crippen LogP contribution in [0.3, 0.4) is 0 Å². The summed E-state index contributed by atoms with van der Waals surface area (Å²) in [6, 6.07) is 14.0. The highest BCUT2D eigenvalue weighted by atomic mass is 32.2. The minimum absolute atomic E-state index is 0.0424. The molecule has 1 N–H and O–H groups in total. The minimum atomic E-state index is -3.98. The molecular weight excluding hydrogens is 464 g/mol. The first-order valence-electron chi connectivity index (χ1n) is 11.8. The number of nitrogens with one attached hydrogen (secondary N) is 1.